The number of carbonyl (C=O) groups excluding carboxylic acids is 2. The summed E-state index contributed by atoms with van der Waals surface area (Å²) >= 11 is 0. The summed E-state index contributed by atoms with van der Waals surface area (Å²) < 4.78 is 0. The molecule has 6 heteroatoms. The molecule has 0 saturated carbocycles. The smallest absolute Gasteiger partial charge is 0.241 e. The second-order valence-electron chi connectivity index (χ2n) is 4.30. The number of hydrogen-bond donors (Lipinski definition) is 2. The molecule has 0 bridgehead atoms. The van der Waals surface area contributed by atoms with Crippen LogP contribution in [-0.4, -0.2) is 43.4 Å². The quantitative estimate of drug-likeness (QED) is 0.810. The highest BCUT2D eigenvalue weighted by atomic mass is 35.5. The lowest BCUT2D eigenvalue weighted by atomic mass is 10.1. The monoisotopic (exact) mass is 285 g/mol. The van der Waals surface area contributed by atoms with Gasteiger partial charge in [0.25, 0.3) is 0 Å². The zero-order valence-electron chi connectivity index (χ0n) is 11.1. The van der Waals surface area contributed by atoms with Gasteiger partial charge in [-0.05, 0) is 12.0 Å². The van der Waals surface area contributed by atoms with Gasteiger partial charge in [0, 0.05) is 14.1 Å². The number of nitrogens with zero attached hydrogens (tertiary/aromatic N) is 1. The molecule has 0 spiro atoms. The minimum Gasteiger partial charge on any atom is -0.347 e. The molecule has 1 atom stereocenters. The van der Waals surface area contributed by atoms with Crippen molar-refractivity contribution in [1.29, 1.82) is 0 Å². The molecule has 3 N–H and O–H groups in total. The van der Waals surface area contributed by atoms with E-state index in [-0.39, 0.29) is 30.8 Å². The molecule has 0 aliphatic carbocycles. The molecule has 5 nitrogen and oxygen atoms in total. The maximum absolute atomic E-state index is 11.7. The number of carbonyl (C=O) groups is 2. The van der Waals surface area contributed by atoms with Gasteiger partial charge in [-0.25, -0.2) is 0 Å². The van der Waals surface area contributed by atoms with E-state index in [1.807, 2.05) is 30.3 Å². The number of amides is 2. The number of nitrogens with two attached hydrogens (primary N) is 1. The van der Waals surface area contributed by atoms with Crippen molar-refractivity contribution in [3.05, 3.63) is 35.9 Å². The molecule has 0 heterocycles. The van der Waals surface area contributed by atoms with Gasteiger partial charge in [0.2, 0.25) is 11.8 Å². The molecule has 1 rings (SSSR count). The average Bonchev–Trinajstić information content (AvgIpc) is 2.36. The topological polar surface area (TPSA) is 75.4 Å². The molecular weight excluding hydrogens is 266 g/mol. The Balaban J connectivity index is 0.00000324. The molecule has 0 aliphatic rings. The van der Waals surface area contributed by atoms with Crippen molar-refractivity contribution < 1.29 is 9.59 Å². The van der Waals surface area contributed by atoms with E-state index in [1.165, 1.54) is 4.90 Å². The zero-order chi connectivity index (χ0) is 13.5. The lowest BCUT2D eigenvalue weighted by Gasteiger charge is -2.14. The fourth-order valence-electron chi connectivity index (χ4n) is 1.41. The fraction of sp³-hybridized carbons (Fsp3) is 0.385. The van der Waals surface area contributed by atoms with Crippen molar-refractivity contribution in [3.63, 3.8) is 0 Å². The summed E-state index contributed by atoms with van der Waals surface area (Å²) in [5, 5.41) is 2.53. The highest BCUT2D eigenvalue weighted by Gasteiger charge is 2.15. The van der Waals surface area contributed by atoms with Gasteiger partial charge in [0.15, 0.2) is 0 Å². The third kappa shape index (κ3) is 6.22. The third-order valence-corrected chi connectivity index (χ3v) is 2.55. The standard InChI is InChI=1S/C13H19N3O2.ClH/c1-16(2)12(17)9-15-13(18)11(14)8-10-6-4-3-5-7-10;/h3-7,11H,8-9,14H2,1-2H3,(H,15,18);1H. The SMILES string of the molecule is CN(C)C(=O)CNC(=O)C(N)Cc1ccccc1.Cl. The van der Waals surface area contributed by atoms with Gasteiger partial charge in [0.1, 0.15) is 0 Å². The van der Waals surface area contributed by atoms with Crippen molar-refractivity contribution in [2.45, 2.75) is 12.5 Å². The molecule has 0 fully saturated rings. The van der Waals surface area contributed by atoms with Crippen molar-refractivity contribution in [1.82, 2.24) is 10.2 Å². The van der Waals surface area contributed by atoms with Gasteiger partial charge in [-0.2, -0.15) is 0 Å². The third-order valence-electron chi connectivity index (χ3n) is 2.55. The van der Waals surface area contributed by atoms with E-state index in [1.54, 1.807) is 14.1 Å². The van der Waals surface area contributed by atoms with Crippen LogP contribution in [-0.2, 0) is 16.0 Å². The van der Waals surface area contributed by atoms with Crippen LogP contribution in [0.15, 0.2) is 30.3 Å². The summed E-state index contributed by atoms with van der Waals surface area (Å²) in [6, 6.07) is 8.90. The first-order valence-corrected chi connectivity index (χ1v) is 5.78. The molecule has 19 heavy (non-hydrogen) atoms. The van der Waals surface area contributed by atoms with E-state index in [0.29, 0.717) is 6.42 Å². The number of hydrogen-bond acceptors (Lipinski definition) is 3. The van der Waals surface area contributed by atoms with Crippen LogP contribution < -0.4 is 11.1 Å². The maximum Gasteiger partial charge on any atom is 0.241 e. The van der Waals surface area contributed by atoms with Gasteiger partial charge in [-0.15, -0.1) is 12.4 Å². The van der Waals surface area contributed by atoms with Gasteiger partial charge >= 0.3 is 0 Å². The van der Waals surface area contributed by atoms with E-state index in [9.17, 15) is 9.59 Å². The lowest BCUT2D eigenvalue weighted by molar-refractivity contribution is -0.131. The Morgan fingerprint density at radius 3 is 2.37 bits per heavy atom. The molecule has 1 aromatic rings. The molecule has 2 amide bonds. The van der Waals surface area contributed by atoms with E-state index < -0.39 is 6.04 Å². The Kier molecular flexibility index (Phi) is 7.79. The van der Waals surface area contributed by atoms with Crippen molar-refractivity contribution in [2.75, 3.05) is 20.6 Å². The Bertz CT molecular complexity index is 410. The Morgan fingerprint density at radius 1 is 1.26 bits per heavy atom. The number of nitrogens with one attached hydrogen (secondary N) is 1. The predicted molar refractivity (Wildman–Crippen MR) is 77.1 cm³/mol. The van der Waals surface area contributed by atoms with Crippen LogP contribution in [0.2, 0.25) is 0 Å². The van der Waals surface area contributed by atoms with Gasteiger partial charge in [-0.1, -0.05) is 30.3 Å². The van der Waals surface area contributed by atoms with Crippen molar-refractivity contribution in [2.24, 2.45) is 5.73 Å². The number of rotatable bonds is 5. The summed E-state index contributed by atoms with van der Waals surface area (Å²) in [6.45, 7) is -0.0195. The molecule has 0 saturated heterocycles. The first-order valence-electron chi connectivity index (χ1n) is 5.78. The Hall–Kier alpha value is -1.59. The summed E-state index contributed by atoms with van der Waals surface area (Å²) in [7, 11) is 3.27. The summed E-state index contributed by atoms with van der Waals surface area (Å²) in [5.41, 5.74) is 6.77. The number of halogens is 1. The van der Waals surface area contributed by atoms with Crippen LogP contribution in [0.4, 0.5) is 0 Å². The van der Waals surface area contributed by atoms with E-state index in [0.717, 1.165) is 5.56 Å². The molecule has 1 unspecified atom stereocenters. The normalized spacial score (nSPS) is 11.1. The maximum atomic E-state index is 11.7. The second kappa shape index (κ2) is 8.50. The summed E-state index contributed by atoms with van der Waals surface area (Å²) in [6.07, 6.45) is 0.461. The Morgan fingerprint density at radius 2 is 1.84 bits per heavy atom. The van der Waals surface area contributed by atoms with Crippen LogP contribution in [0, 0.1) is 0 Å². The first kappa shape index (κ1) is 17.4. The minimum absolute atomic E-state index is 0. The van der Waals surface area contributed by atoms with Crippen LogP contribution >= 0.6 is 12.4 Å². The molecule has 106 valence electrons. The highest BCUT2D eigenvalue weighted by Crippen LogP contribution is 2.01. The molecule has 0 aliphatic heterocycles. The van der Waals surface area contributed by atoms with Crippen LogP contribution in [0.1, 0.15) is 5.56 Å². The minimum atomic E-state index is -0.637. The van der Waals surface area contributed by atoms with Crippen molar-refractivity contribution >= 4 is 24.2 Å². The Labute approximate surface area is 119 Å². The van der Waals surface area contributed by atoms with Gasteiger partial charge in [0.05, 0.1) is 12.6 Å². The van der Waals surface area contributed by atoms with E-state index >= 15 is 0 Å². The largest absolute Gasteiger partial charge is 0.347 e. The van der Waals surface area contributed by atoms with E-state index in [2.05, 4.69) is 5.32 Å². The summed E-state index contributed by atoms with van der Waals surface area (Å²) in [5.74, 6) is -0.468. The molecule has 0 aromatic heterocycles. The predicted octanol–water partition coefficient (Wildman–Crippen LogP) is 0.183. The lowest BCUT2D eigenvalue weighted by Crippen LogP contribution is -2.45. The number of likely N-dealkylation sites (N-methyl/N-ethyl adjacent to an activating group) is 1. The van der Waals surface area contributed by atoms with Crippen molar-refractivity contribution in [3.8, 4) is 0 Å². The average molecular weight is 286 g/mol. The van der Waals surface area contributed by atoms with Crippen LogP contribution in [0.3, 0.4) is 0 Å². The van der Waals surface area contributed by atoms with Crippen LogP contribution in [0.5, 0.6) is 0 Å². The highest BCUT2D eigenvalue weighted by molar-refractivity contribution is 5.87. The van der Waals surface area contributed by atoms with Gasteiger partial charge in [-0.3, -0.25) is 9.59 Å². The molecule has 1 aromatic carbocycles. The second-order valence-corrected chi connectivity index (χ2v) is 4.30. The molecular formula is C13H20ClN3O2. The first-order chi connectivity index (χ1) is 8.50. The molecule has 0 radical (unpaired) electrons. The fourth-order valence-corrected chi connectivity index (χ4v) is 1.41. The summed E-state index contributed by atoms with van der Waals surface area (Å²) in [4.78, 5) is 24.4. The van der Waals surface area contributed by atoms with Gasteiger partial charge < -0.3 is 16.0 Å². The zero-order valence-corrected chi connectivity index (χ0v) is 11.9. The van der Waals surface area contributed by atoms with Crippen LogP contribution in [0.25, 0.3) is 0 Å². The van der Waals surface area contributed by atoms with E-state index in [4.69, 9.17) is 5.73 Å². The number of benzene rings is 1.